The van der Waals surface area contributed by atoms with Crippen molar-refractivity contribution in [1.82, 2.24) is 0 Å². The van der Waals surface area contributed by atoms with Crippen LogP contribution in [0.25, 0.3) is 0 Å². The molecule has 0 aromatic heterocycles. The fourth-order valence-corrected chi connectivity index (χ4v) is 4.21. The second-order valence-corrected chi connectivity index (χ2v) is 6.53. The number of rotatable bonds is 4. The normalized spacial score (nSPS) is 20.1. The van der Waals surface area contributed by atoms with Gasteiger partial charge in [0.25, 0.3) is 0 Å². The van der Waals surface area contributed by atoms with Crippen molar-refractivity contribution in [2.75, 3.05) is 0 Å². The van der Waals surface area contributed by atoms with Crippen molar-refractivity contribution >= 4 is 0 Å². The van der Waals surface area contributed by atoms with E-state index in [9.17, 15) is 10.2 Å². The first kappa shape index (κ1) is 15.7. The third-order valence-corrected chi connectivity index (χ3v) is 5.29. The summed E-state index contributed by atoms with van der Waals surface area (Å²) in [5.41, 5.74) is 2.41. The zero-order valence-corrected chi connectivity index (χ0v) is 13.4. The predicted octanol–water partition coefficient (Wildman–Crippen LogP) is 5.15. The number of benzene rings is 2. The van der Waals surface area contributed by atoms with E-state index >= 15 is 0 Å². The fraction of sp³-hybridized carbons (Fsp3) is 0.333. The van der Waals surface area contributed by atoms with Gasteiger partial charge in [-0.2, -0.15) is 0 Å². The van der Waals surface area contributed by atoms with Crippen molar-refractivity contribution in [2.24, 2.45) is 5.92 Å². The number of allylic oxidation sites excluding steroid dienone is 1. The Balaban J connectivity index is 2.16. The largest absolute Gasteiger partial charge is 0.508 e. The number of hydrogen-bond donors (Lipinski definition) is 2. The molecule has 0 amide bonds. The highest BCUT2D eigenvalue weighted by Gasteiger charge is 2.42. The van der Waals surface area contributed by atoms with Crippen molar-refractivity contribution in [2.45, 2.75) is 37.5 Å². The molecule has 1 aliphatic rings. The average Bonchev–Trinajstić information content (AvgIpc) is 2.57. The van der Waals surface area contributed by atoms with E-state index < -0.39 is 0 Å². The zero-order chi connectivity index (χ0) is 16.3. The van der Waals surface area contributed by atoms with Gasteiger partial charge in [0.1, 0.15) is 11.5 Å². The summed E-state index contributed by atoms with van der Waals surface area (Å²) in [6.07, 6.45) is 7.69. The molecular weight excluding hydrogens is 284 g/mol. The van der Waals surface area contributed by atoms with Crippen LogP contribution in [-0.2, 0) is 5.41 Å². The van der Waals surface area contributed by atoms with Crippen LogP contribution in [-0.4, -0.2) is 10.2 Å². The third-order valence-electron chi connectivity index (χ3n) is 5.29. The van der Waals surface area contributed by atoms with E-state index in [0.29, 0.717) is 17.4 Å². The lowest BCUT2D eigenvalue weighted by atomic mass is 9.58. The minimum atomic E-state index is -0.0756. The third kappa shape index (κ3) is 2.86. The minimum absolute atomic E-state index is 0.0756. The molecule has 0 aliphatic heterocycles. The molecule has 1 fully saturated rings. The maximum absolute atomic E-state index is 9.67. The monoisotopic (exact) mass is 308 g/mol. The van der Waals surface area contributed by atoms with Crippen molar-refractivity contribution in [3.8, 4) is 11.5 Å². The molecule has 2 aromatic carbocycles. The highest BCUT2D eigenvalue weighted by atomic mass is 16.3. The van der Waals surface area contributed by atoms with Gasteiger partial charge < -0.3 is 10.2 Å². The summed E-state index contributed by atoms with van der Waals surface area (Å²) in [6.45, 7) is 3.96. The molecule has 23 heavy (non-hydrogen) atoms. The van der Waals surface area contributed by atoms with E-state index in [1.807, 2.05) is 30.3 Å². The second-order valence-electron chi connectivity index (χ2n) is 6.53. The van der Waals surface area contributed by atoms with E-state index in [1.165, 1.54) is 30.4 Å². The molecule has 1 unspecified atom stereocenters. The Morgan fingerprint density at radius 3 is 1.91 bits per heavy atom. The maximum Gasteiger partial charge on any atom is 0.115 e. The van der Waals surface area contributed by atoms with E-state index in [-0.39, 0.29) is 5.41 Å². The van der Waals surface area contributed by atoms with Gasteiger partial charge in [0.05, 0.1) is 0 Å². The van der Waals surface area contributed by atoms with E-state index in [2.05, 4.69) is 6.58 Å². The van der Waals surface area contributed by atoms with Crippen molar-refractivity contribution in [3.05, 3.63) is 72.3 Å². The van der Waals surface area contributed by atoms with Crippen molar-refractivity contribution in [3.63, 3.8) is 0 Å². The molecule has 0 saturated heterocycles. The van der Waals surface area contributed by atoms with Gasteiger partial charge in [0, 0.05) is 5.41 Å². The fourth-order valence-electron chi connectivity index (χ4n) is 4.21. The summed E-state index contributed by atoms with van der Waals surface area (Å²) in [5, 5.41) is 19.3. The van der Waals surface area contributed by atoms with Gasteiger partial charge in [-0.1, -0.05) is 43.2 Å². The molecule has 1 atom stereocenters. The summed E-state index contributed by atoms with van der Waals surface area (Å²) in [5.74, 6) is 1.08. The first-order valence-electron chi connectivity index (χ1n) is 8.37. The summed E-state index contributed by atoms with van der Waals surface area (Å²) >= 11 is 0. The number of aromatic hydroxyl groups is 2. The summed E-state index contributed by atoms with van der Waals surface area (Å²) in [6, 6.07) is 15.3. The first-order chi connectivity index (χ1) is 11.2. The number of phenolic OH excluding ortho intramolecular Hbond substituents is 2. The summed E-state index contributed by atoms with van der Waals surface area (Å²) in [7, 11) is 0. The molecule has 2 heteroatoms. The lowest BCUT2D eigenvalue weighted by molar-refractivity contribution is 0.226. The Kier molecular flexibility index (Phi) is 4.42. The number of hydrogen-bond acceptors (Lipinski definition) is 2. The van der Waals surface area contributed by atoms with Crippen LogP contribution in [0, 0.1) is 5.92 Å². The predicted molar refractivity (Wildman–Crippen MR) is 93.8 cm³/mol. The minimum Gasteiger partial charge on any atom is -0.508 e. The smallest absolute Gasteiger partial charge is 0.115 e. The van der Waals surface area contributed by atoms with Gasteiger partial charge in [-0.05, 0) is 60.6 Å². The van der Waals surface area contributed by atoms with Gasteiger partial charge in [-0.25, -0.2) is 0 Å². The van der Waals surface area contributed by atoms with Crippen LogP contribution in [0.3, 0.4) is 0 Å². The highest BCUT2D eigenvalue weighted by molar-refractivity contribution is 5.44. The maximum atomic E-state index is 9.67. The standard InChI is InChI=1S/C21H24O2/c1-2-5-16-6-3-4-15-21(16,17-7-11-19(22)12-8-17)18-9-13-20(23)14-10-18/h2,7-14,16,22-23H,1,3-6,15H2. The molecule has 120 valence electrons. The lowest BCUT2D eigenvalue weighted by Crippen LogP contribution is -2.39. The SMILES string of the molecule is C=CCC1CCCCC1(c1ccc(O)cc1)c1ccc(O)cc1. The van der Waals surface area contributed by atoms with E-state index in [0.717, 1.165) is 12.8 Å². The highest BCUT2D eigenvalue weighted by Crippen LogP contribution is 2.50. The van der Waals surface area contributed by atoms with Crippen LogP contribution in [0.4, 0.5) is 0 Å². The first-order valence-corrected chi connectivity index (χ1v) is 8.37. The topological polar surface area (TPSA) is 40.5 Å². The van der Waals surface area contributed by atoms with Crippen molar-refractivity contribution < 1.29 is 10.2 Å². The Hall–Kier alpha value is -2.22. The van der Waals surface area contributed by atoms with E-state index in [4.69, 9.17) is 0 Å². The Morgan fingerprint density at radius 1 is 0.913 bits per heavy atom. The molecule has 3 rings (SSSR count). The van der Waals surface area contributed by atoms with Crippen molar-refractivity contribution in [1.29, 1.82) is 0 Å². The molecule has 2 N–H and O–H groups in total. The van der Waals surface area contributed by atoms with Crippen LogP contribution in [0.2, 0.25) is 0 Å². The summed E-state index contributed by atoms with van der Waals surface area (Å²) < 4.78 is 0. The van der Waals surface area contributed by atoms with Gasteiger partial charge in [-0.3, -0.25) is 0 Å². The molecular formula is C21H24O2. The van der Waals surface area contributed by atoms with Gasteiger partial charge in [0.2, 0.25) is 0 Å². The molecule has 2 aromatic rings. The van der Waals surface area contributed by atoms with E-state index in [1.54, 1.807) is 24.3 Å². The quantitative estimate of drug-likeness (QED) is 0.767. The molecule has 0 heterocycles. The zero-order valence-electron chi connectivity index (χ0n) is 13.4. The molecule has 1 saturated carbocycles. The Morgan fingerprint density at radius 2 is 1.43 bits per heavy atom. The van der Waals surface area contributed by atoms with Crippen LogP contribution < -0.4 is 0 Å². The molecule has 2 nitrogen and oxygen atoms in total. The van der Waals surface area contributed by atoms with Gasteiger partial charge in [0.15, 0.2) is 0 Å². The van der Waals surface area contributed by atoms with Gasteiger partial charge in [-0.15, -0.1) is 6.58 Å². The van der Waals surface area contributed by atoms with Crippen LogP contribution >= 0.6 is 0 Å². The van der Waals surface area contributed by atoms with Gasteiger partial charge >= 0.3 is 0 Å². The Labute approximate surface area is 138 Å². The lowest BCUT2D eigenvalue weighted by Gasteiger charge is -2.45. The molecule has 0 spiro atoms. The second kappa shape index (κ2) is 6.49. The van der Waals surface area contributed by atoms with Crippen LogP contribution in [0.1, 0.15) is 43.2 Å². The van der Waals surface area contributed by atoms with Crippen LogP contribution in [0.15, 0.2) is 61.2 Å². The summed E-state index contributed by atoms with van der Waals surface area (Å²) in [4.78, 5) is 0. The Bertz CT molecular complexity index is 610. The number of phenols is 2. The van der Waals surface area contributed by atoms with Crippen LogP contribution in [0.5, 0.6) is 11.5 Å². The molecule has 0 bridgehead atoms. The molecule has 0 radical (unpaired) electrons. The molecule has 1 aliphatic carbocycles. The average molecular weight is 308 g/mol.